The molecule has 0 aromatic heterocycles. The Kier molecular flexibility index (Phi) is 36.3. The minimum atomic E-state index is -4.64. The predicted molar refractivity (Wildman–Crippen MR) is 45.6 cm³/mol. The zero-order chi connectivity index (χ0) is 10.4. The molecule has 0 aliphatic rings. The summed E-state index contributed by atoms with van der Waals surface area (Å²) in [7, 11) is -4.64. The van der Waals surface area contributed by atoms with Crippen LogP contribution in [0.15, 0.2) is 0 Å². The second kappa shape index (κ2) is 16.2. The molecular weight excluding hydrogens is 354 g/mol. The topological polar surface area (TPSA) is 190 Å². The van der Waals surface area contributed by atoms with E-state index in [1.54, 1.807) is 0 Å². The molecule has 0 saturated heterocycles. The summed E-state index contributed by atoms with van der Waals surface area (Å²) in [5, 5.41) is 32.2. The summed E-state index contributed by atoms with van der Waals surface area (Å²) in [5.74, 6) is -2.31. The maximum absolute atomic E-state index is 8.88. The predicted octanol–water partition coefficient (Wildman–Crippen LogP) is -3.66. The van der Waals surface area contributed by atoms with E-state index in [4.69, 9.17) is 39.7 Å². The van der Waals surface area contributed by atoms with Crippen molar-refractivity contribution >= 4 is 7.82 Å². The zero-order valence-corrected chi connectivity index (χ0v) is 15.6. The van der Waals surface area contributed by atoms with Crippen molar-refractivity contribution in [3.63, 3.8) is 0 Å². The molecule has 0 aromatic rings. The van der Waals surface area contributed by atoms with Crippen LogP contribution < -0.4 is 0 Å². The molecular formula is C4H16O9PZn2-. The first kappa shape index (κ1) is 36.0. The molecule has 0 rings (SSSR count). The van der Waals surface area contributed by atoms with Crippen LogP contribution in [-0.2, 0) is 43.5 Å². The van der Waals surface area contributed by atoms with E-state index in [0.717, 1.165) is 0 Å². The fourth-order valence-corrected chi connectivity index (χ4v) is 0.0500. The maximum Gasteiger partial charge on any atom is 0.466 e. The van der Waals surface area contributed by atoms with Gasteiger partial charge < -0.3 is 48.0 Å². The van der Waals surface area contributed by atoms with Gasteiger partial charge in [0.1, 0.15) is 0 Å². The van der Waals surface area contributed by atoms with E-state index >= 15 is 0 Å². The quantitative estimate of drug-likeness (QED) is 0.112. The van der Waals surface area contributed by atoms with Gasteiger partial charge in [-0.05, 0) is 0 Å². The SMILES string of the molecule is O.O=P(O)(O)O.OCC(O)(O)CO.[CH3-].[Zn].[Zn]. The van der Waals surface area contributed by atoms with Gasteiger partial charge in [-0.2, -0.15) is 0 Å². The molecule has 0 spiro atoms. The maximum atomic E-state index is 8.88. The van der Waals surface area contributed by atoms with Gasteiger partial charge in [0.2, 0.25) is 5.79 Å². The van der Waals surface area contributed by atoms with E-state index in [1.807, 2.05) is 0 Å². The van der Waals surface area contributed by atoms with Crippen molar-refractivity contribution in [2.45, 2.75) is 5.79 Å². The van der Waals surface area contributed by atoms with Gasteiger partial charge in [-0.1, -0.05) is 0 Å². The first-order valence-corrected chi connectivity index (χ1v) is 4.13. The normalized spacial score (nSPS) is 8.94. The van der Waals surface area contributed by atoms with Crippen LogP contribution in [0.5, 0.6) is 0 Å². The summed E-state index contributed by atoms with van der Waals surface area (Å²) in [6.07, 6.45) is 0. The summed E-state index contributed by atoms with van der Waals surface area (Å²) >= 11 is 0. The van der Waals surface area contributed by atoms with Crippen molar-refractivity contribution in [2.24, 2.45) is 0 Å². The third-order valence-corrected chi connectivity index (χ3v) is 0.506. The largest absolute Gasteiger partial charge is 0.466 e. The molecule has 0 aliphatic heterocycles. The number of rotatable bonds is 2. The Morgan fingerprint density at radius 2 is 1.06 bits per heavy atom. The van der Waals surface area contributed by atoms with Gasteiger partial charge >= 0.3 is 7.82 Å². The van der Waals surface area contributed by atoms with Crippen LogP contribution in [0.1, 0.15) is 0 Å². The summed E-state index contributed by atoms with van der Waals surface area (Å²) in [6.45, 7) is -1.69. The van der Waals surface area contributed by atoms with Gasteiger partial charge in [0.25, 0.3) is 0 Å². The van der Waals surface area contributed by atoms with Crippen LogP contribution in [0.25, 0.3) is 0 Å². The van der Waals surface area contributed by atoms with E-state index in [9.17, 15) is 0 Å². The first-order valence-electron chi connectivity index (χ1n) is 2.57. The molecule has 0 saturated carbocycles. The second-order valence-electron chi connectivity index (χ2n) is 1.81. The molecule has 0 radical (unpaired) electrons. The third kappa shape index (κ3) is 59.3. The molecule has 0 fully saturated rings. The molecule has 9 N–H and O–H groups in total. The minimum absolute atomic E-state index is 0. The Hall–Kier alpha value is 1.16. The van der Waals surface area contributed by atoms with Crippen LogP contribution in [0.2, 0.25) is 0 Å². The Balaban J connectivity index is -0.0000000258. The summed E-state index contributed by atoms with van der Waals surface area (Å²) in [5.41, 5.74) is 0. The summed E-state index contributed by atoms with van der Waals surface area (Å²) in [4.78, 5) is 21.6. The van der Waals surface area contributed by atoms with Crippen LogP contribution in [0.4, 0.5) is 0 Å². The zero-order valence-electron chi connectivity index (χ0n) is 8.81. The molecule has 0 bridgehead atoms. The minimum Gasteiger partial charge on any atom is -0.412 e. The standard InChI is InChI=1S/C3H8O4.CH3.H3O4P.H2O.2Zn/c4-1-3(6,7)2-5;;1-5(2,3)4;;;/h4-7H,1-2H2;1H3;(H3,1,2,3,4);1H2;;/q;-1;;;;. The van der Waals surface area contributed by atoms with E-state index in [-0.39, 0.29) is 51.9 Å². The smallest absolute Gasteiger partial charge is 0.412 e. The van der Waals surface area contributed by atoms with Crippen molar-refractivity contribution in [3.8, 4) is 0 Å². The third-order valence-electron chi connectivity index (χ3n) is 0.506. The van der Waals surface area contributed by atoms with Gasteiger partial charge in [0.15, 0.2) is 0 Å². The van der Waals surface area contributed by atoms with Crippen LogP contribution in [0.3, 0.4) is 0 Å². The average Bonchev–Trinajstić information content (AvgIpc) is 1.85. The Bertz CT molecular complexity index is 145. The van der Waals surface area contributed by atoms with Crippen molar-refractivity contribution in [3.05, 3.63) is 7.43 Å². The Labute approximate surface area is 118 Å². The Morgan fingerprint density at radius 3 is 1.06 bits per heavy atom. The Morgan fingerprint density at radius 1 is 0.938 bits per heavy atom. The first-order chi connectivity index (χ1) is 5.12. The molecule has 0 heterocycles. The van der Waals surface area contributed by atoms with E-state index in [2.05, 4.69) is 0 Å². The number of aliphatic hydroxyl groups excluding tert-OH is 2. The second-order valence-corrected chi connectivity index (χ2v) is 2.84. The van der Waals surface area contributed by atoms with Gasteiger partial charge in [-0.15, -0.1) is 0 Å². The van der Waals surface area contributed by atoms with Crippen LogP contribution in [-0.4, -0.2) is 59.6 Å². The van der Waals surface area contributed by atoms with Gasteiger partial charge in [0, 0.05) is 39.0 Å². The number of phosphoric acid groups is 1. The molecule has 16 heavy (non-hydrogen) atoms. The molecule has 0 atom stereocenters. The monoisotopic (exact) mass is 367 g/mol. The van der Waals surface area contributed by atoms with Crippen LogP contribution >= 0.6 is 7.82 Å². The molecule has 0 unspecified atom stereocenters. The number of aliphatic hydroxyl groups is 4. The van der Waals surface area contributed by atoms with E-state index in [1.165, 1.54) is 0 Å². The van der Waals surface area contributed by atoms with E-state index < -0.39 is 26.8 Å². The summed E-state index contributed by atoms with van der Waals surface area (Å²) < 4.78 is 8.88. The van der Waals surface area contributed by atoms with Crippen molar-refractivity contribution in [1.29, 1.82) is 0 Å². The molecule has 0 aliphatic carbocycles. The molecule has 0 amide bonds. The average molecular weight is 370 g/mol. The fraction of sp³-hybridized carbons (Fsp3) is 0.750. The van der Waals surface area contributed by atoms with Gasteiger partial charge in [-0.3, -0.25) is 0 Å². The van der Waals surface area contributed by atoms with Gasteiger partial charge in [-0.25, -0.2) is 4.57 Å². The van der Waals surface area contributed by atoms with E-state index in [0.29, 0.717) is 0 Å². The van der Waals surface area contributed by atoms with Crippen molar-refractivity contribution in [2.75, 3.05) is 13.2 Å². The molecule has 0 aromatic carbocycles. The molecule has 96 valence electrons. The van der Waals surface area contributed by atoms with Crippen molar-refractivity contribution < 1.29 is 84.1 Å². The van der Waals surface area contributed by atoms with Gasteiger partial charge in [0.05, 0.1) is 13.2 Å². The fourth-order valence-electron chi connectivity index (χ4n) is 0.0500. The molecule has 9 nitrogen and oxygen atoms in total. The van der Waals surface area contributed by atoms with Crippen LogP contribution in [0, 0.1) is 7.43 Å². The number of hydrogen-bond donors (Lipinski definition) is 7. The summed E-state index contributed by atoms with van der Waals surface area (Å²) in [6, 6.07) is 0. The molecule has 12 heteroatoms. The number of hydrogen-bond acceptors (Lipinski definition) is 5. The van der Waals surface area contributed by atoms with Crippen molar-refractivity contribution in [1.82, 2.24) is 0 Å².